The summed E-state index contributed by atoms with van der Waals surface area (Å²) in [7, 11) is -1.53. The van der Waals surface area contributed by atoms with Crippen molar-refractivity contribution in [2.75, 3.05) is 0 Å². The Labute approximate surface area is 214 Å². The lowest BCUT2D eigenvalue weighted by Gasteiger charge is -2.12. The second-order valence-electron chi connectivity index (χ2n) is 8.78. The molecule has 1 heterocycles. The molecule has 0 amide bonds. The molecule has 0 atom stereocenters. The zero-order valence-corrected chi connectivity index (χ0v) is 19.9. The first kappa shape index (κ1) is 22.8. The smallest absolute Gasteiger partial charge is 0.423 e. The van der Waals surface area contributed by atoms with E-state index < -0.39 is 7.12 Å². The lowest BCUT2D eigenvalue weighted by Crippen LogP contribution is -2.29. The third-order valence-electron chi connectivity index (χ3n) is 6.36. The fourth-order valence-corrected chi connectivity index (χ4v) is 4.43. The van der Waals surface area contributed by atoms with Gasteiger partial charge in [-0.25, -0.2) is 15.0 Å². The molecule has 37 heavy (non-hydrogen) atoms. The number of hydrogen-bond acceptors (Lipinski definition) is 5. The molecule has 0 aliphatic heterocycles. The van der Waals surface area contributed by atoms with Gasteiger partial charge >= 0.3 is 7.12 Å². The van der Waals surface area contributed by atoms with Crippen LogP contribution in [-0.2, 0) is 0 Å². The Morgan fingerprint density at radius 3 is 1.68 bits per heavy atom. The van der Waals surface area contributed by atoms with Gasteiger partial charge in [-0.3, -0.25) is 0 Å². The summed E-state index contributed by atoms with van der Waals surface area (Å²) >= 11 is 0. The van der Waals surface area contributed by atoms with Gasteiger partial charge in [-0.2, -0.15) is 0 Å². The van der Waals surface area contributed by atoms with Gasteiger partial charge in [0.2, 0.25) is 0 Å². The molecule has 6 rings (SSSR count). The fraction of sp³-hybridized carbons (Fsp3) is 0. The van der Waals surface area contributed by atoms with E-state index in [2.05, 4.69) is 36.4 Å². The normalized spacial score (nSPS) is 11.0. The Bertz CT molecular complexity index is 1700. The van der Waals surface area contributed by atoms with Gasteiger partial charge in [0.1, 0.15) is 0 Å². The summed E-state index contributed by atoms with van der Waals surface area (Å²) in [5.41, 5.74) is 5.07. The van der Waals surface area contributed by atoms with Crippen LogP contribution < -0.4 is 5.46 Å². The largest absolute Gasteiger partial charge is 0.488 e. The van der Waals surface area contributed by atoms with Crippen LogP contribution in [0.4, 0.5) is 0 Å². The molecule has 0 aliphatic carbocycles. The van der Waals surface area contributed by atoms with Gasteiger partial charge in [0.15, 0.2) is 17.5 Å². The third kappa shape index (κ3) is 4.63. The molecule has 0 saturated heterocycles. The second-order valence-corrected chi connectivity index (χ2v) is 8.78. The fourth-order valence-electron chi connectivity index (χ4n) is 4.43. The average Bonchev–Trinajstić information content (AvgIpc) is 2.97. The predicted octanol–water partition coefficient (Wildman–Crippen LogP) is 5.37. The van der Waals surface area contributed by atoms with E-state index in [1.54, 1.807) is 24.3 Å². The molecule has 0 bridgehead atoms. The van der Waals surface area contributed by atoms with E-state index in [1.807, 2.05) is 60.7 Å². The molecular formula is C31H22BN3O2. The van der Waals surface area contributed by atoms with Crippen LogP contribution in [0.25, 0.3) is 56.1 Å². The summed E-state index contributed by atoms with van der Waals surface area (Å²) < 4.78 is 0. The van der Waals surface area contributed by atoms with Gasteiger partial charge in [-0.05, 0) is 33.4 Å². The van der Waals surface area contributed by atoms with Crippen molar-refractivity contribution in [1.29, 1.82) is 0 Å². The molecule has 2 N–H and O–H groups in total. The van der Waals surface area contributed by atoms with Crippen molar-refractivity contribution < 1.29 is 10.0 Å². The topological polar surface area (TPSA) is 79.1 Å². The quantitative estimate of drug-likeness (QED) is 0.325. The van der Waals surface area contributed by atoms with Crippen molar-refractivity contribution in [3.63, 3.8) is 0 Å². The van der Waals surface area contributed by atoms with Crippen LogP contribution in [0.15, 0.2) is 121 Å². The minimum Gasteiger partial charge on any atom is -0.423 e. The Morgan fingerprint density at radius 2 is 0.973 bits per heavy atom. The van der Waals surface area contributed by atoms with Crippen LogP contribution >= 0.6 is 0 Å². The minimum absolute atomic E-state index is 0.406. The van der Waals surface area contributed by atoms with Crippen molar-refractivity contribution in [3.8, 4) is 45.3 Å². The number of nitrogens with zero attached hydrogens (tertiary/aromatic N) is 3. The first-order chi connectivity index (χ1) is 18.2. The summed E-state index contributed by atoms with van der Waals surface area (Å²) in [5, 5.41) is 21.3. The molecule has 0 fully saturated rings. The summed E-state index contributed by atoms with van der Waals surface area (Å²) in [6.45, 7) is 0. The number of rotatable bonds is 5. The average molecular weight is 479 g/mol. The summed E-state index contributed by atoms with van der Waals surface area (Å²) in [6, 6.07) is 39.6. The number of fused-ring (bicyclic) bond motifs is 1. The van der Waals surface area contributed by atoms with Crippen molar-refractivity contribution >= 4 is 23.4 Å². The van der Waals surface area contributed by atoms with E-state index in [1.165, 1.54) is 10.8 Å². The lowest BCUT2D eigenvalue weighted by molar-refractivity contribution is 0.426. The first-order valence-corrected chi connectivity index (χ1v) is 12.0. The van der Waals surface area contributed by atoms with Crippen LogP contribution in [0.2, 0.25) is 0 Å². The van der Waals surface area contributed by atoms with E-state index in [-0.39, 0.29) is 0 Å². The van der Waals surface area contributed by atoms with Gasteiger partial charge in [-0.15, -0.1) is 0 Å². The van der Waals surface area contributed by atoms with Crippen LogP contribution in [0, 0.1) is 0 Å². The van der Waals surface area contributed by atoms with Gasteiger partial charge < -0.3 is 10.0 Å². The molecule has 5 aromatic carbocycles. The van der Waals surface area contributed by atoms with Crippen molar-refractivity contribution in [1.82, 2.24) is 15.0 Å². The van der Waals surface area contributed by atoms with Crippen LogP contribution in [0.5, 0.6) is 0 Å². The van der Waals surface area contributed by atoms with E-state index in [0.717, 1.165) is 27.8 Å². The Morgan fingerprint density at radius 1 is 0.432 bits per heavy atom. The Hall–Kier alpha value is -4.65. The minimum atomic E-state index is -1.53. The predicted molar refractivity (Wildman–Crippen MR) is 149 cm³/mol. The molecule has 0 spiro atoms. The summed E-state index contributed by atoms with van der Waals surface area (Å²) in [5.74, 6) is 1.65. The van der Waals surface area contributed by atoms with Gasteiger partial charge in [0.25, 0.3) is 0 Å². The highest BCUT2D eigenvalue weighted by atomic mass is 16.4. The van der Waals surface area contributed by atoms with Crippen molar-refractivity contribution in [3.05, 3.63) is 121 Å². The van der Waals surface area contributed by atoms with E-state index >= 15 is 0 Å². The van der Waals surface area contributed by atoms with Crippen LogP contribution in [0.1, 0.15) is 0 Å². The molecule has 0 saturated carbocycles. The summed E-state index contributed by atoms with van der Waals surface area (Å²) in [4.78, 5) is 14.5. The molecular weight excluding hydrogens is 457 g/mol. The van der Waals surface area contributed by atoms with Crippen LogP contribution in [-0.4, -0.2) is 32.1 Å². The highest BCUT2D eigenvalue weighted by Gasteiger charge is 2.16. The maximum atomic E-state index is 9.49. The van der Waals surface area contributed by atoms with Gasteiger partial charge in [0.05, 0.1) is 0 Å². The maximum Gasteiger partial charge on any atom is 0.488 e. The monoisotopic (exact) mass is 479 g/mol. The molecule has 176 valence electrons. The molecule has 1 aromatic heterocycles. The first-order valence-electron chi connectivity index (χ1n) is 12.0. The zero-order chi connectivity index (χ0) is 25.2. The van der Waals surface area contributed by atoms with E-state index in [0.29, 0.717) is 22.9 Å². The van der Waals surface area contributed by atoms with Crippen molar-refractivity contribution in [2.24, 2.45) is 0 Å². The van der Waals surface area contributed by atoms with Gasteiger partial charge in [-0.1, -0.05) is 115 Å². The third-order valence-corrected chi connectivity index (χ3v) is 6.36. The molecule has 0 aliphatic rings. The van der Waals surface area contributed by atoms with E-state index in [4.69, 9.17) is 15.0 Å². The maximum absolute atomic E-state index is 9.49. The SMILES string of the molecule is OB(O)c1ccc(-c2nc(-c3ccccc3)nc(-c3ccccc3-c3ccc4ccccc4c3)n2)cc1. The van der Waals surface area contributed by atoms with Crippen LogP contribution in [0.3, 0.4) is 0 Å². The number of aromatic nitrogens is 3. The molecule has 0 radical (unpaired) electrons. The van der Waals surface area contributed by atoms with E-state index in [9.17, 15) is 10.0 Å². The summed E-state index contributed by atoms with van der Waals surface area (Å²) in [6.07, 6.45) is 0. The highest BCUT2D eigenvalue weighted by molar-refractivity contribution is 6.58. The number of hydrogen-bond donors (Lipinski definition) is 2. The molecule has 6 heteroatoms. The highest BCUT2D eigenvalue weighted by Crippen LogP contribution is 2.33. The zero-order valence-electron chi connectivity index (χ0n) is 19.9. The molecule has 0 unspecified atom stereocenters. The standard InChI is InChI=1S/C31H22BN3O2/c36-32(37)26-18-16-23(17-19-26)30-33-29(22-9-2-1-3-10-22)34-31(35-30)28-13-7-6-12-27(28)25-15-14-21-8-4-5-11-24(21)20-25/h1-20,36-37H. The second kappa shape index (κ2) is 9.78. The lowest BCUT2D eigenvalue weighted by atomic mass is 9.80. The Balaban J connectivity index is 1.53. The Kier molecular flexibility index (Phi) is 6.02. The molecule has 5 nitrogen and oxygen atoms in total. The number of benzene rings is 5. The molecule has 6 aromatic rings. The van der Waals surface area contributed by atoms with Gasteiger partial charge in [0, 0.05) is 16.7 Å². The van der Waals surface area contributed by atoms with Crippen molar-refractivity contribution in [2.45, 2.75) is 0 Å².